The molecule has 16 heavy (non-hydrogen) atoms. The number of hydrogen-bond donors (Lipinski definition) is 0. The smallest absolute Gasteiger partial charge is 0.231 e. The summed E-state index contributed by atoms with van der Waals surface area (Å²) in [7, 11) is 0. The van der Waals surface area contributed by atoms with Crippen molar-refractivity contribution < 1.29 is 4.79 Å². The topological polar surface area (TPSA) is 20.3 Å². The van der Waals surface area contributed by atoms with Crippen LogP contribution >= 0.6 is 23.2 Å². The van der Waals surface area contributed by atoms with Crippen molar-refractivity contribution in [3.63, 3.8) is 0 Å². The Morgan fingerprint density at radius 3 is 2.62 bits per heavy atom. The third-order valence-electron chi connectivity index (χ3n) is 4.11. The monoisotopic (exact) mass is 263 g/mol. The number of halogens is 2. The second-order valence-electron chi connectivity index (χ2n) is 5.38. The van der Waals surface area contributed by atoms with Gasteiger partial charge in [-0.25, -0.2) is 0 Å². The largest absolute Gasteiger partial charge is 0.342 e. The van der Waals surface area contributed by atoms with Gasteiger partial charge >= 0.3 is 0 Å². The molecule has 92 valence electrons. The third-order valence-corrected chi connectivity index (χ3v) is 5.21. The van der Waals surface area contributed by atoms with Gasteiger partial charge in [0.15, 0.2) is 0 Å². The molecule has 2 aliphatic rings. The molecule has 0 aromatic heterocycles. The summed E-state index contributed by atoms with van der Waals surface area (Å²) < 4.78 is -0.830. The maximum absolute atomic E-state index is 12.3. The first-order valence-electron chi connectivity index (χ1n) is 6.08. The average molecular weight is 264 g/mol. The second-order valence-corrected chi connectivity index (χ2v) is 6.86. The van der Waals surface area contributed by atoms with Gasteiger partial charge in [0.1, 0.15) is 4.33 Å². The van der Waals surface area contributed by atoms with E-state index in [4.69, 9.17) is 23.2 Å². The minimum Gasteiger partial charge on any atom is -0.342 e. The summed E-state index contributed by atoms with van der Waals surface area (Å²) in [4.78, 5) is 14.3. The first-order valence-corrected chi connectivity index (χ1v) is 6.83. The van der Waals surface area contributed by atoms with Crippen LogP contribution < -0.4 is 0 Å². The maximum Gasteiger partial charge on any atom is 0.231 e. The predicted octanol–water partition coefficient (Wildman–Crippen LogP) is 3.22. The number of rotatable bonds is 2. The summed E-state index contributed by atoms with van der Waals surface area (Å²) >= 11 is 12.1. The Bertz CT molecular complexity index is 305. The molecule has 0 aromatic rings. The highest BCUT2D eigenvalue weighted by atomic mass is 35.5. The minimum absolute atomic E-state index is 0.149. The summed E-state index contributed by atoms with van der Waals surface area (Å²) in [5.74, 6) is 0.802. The van der Waals surface area contributed by atoms with Gasteiger partial charge in [-0.1, -0.05) is 13.3 Å². The molecule has 0 unspecified atom stereocenters. The Morgan fingerprint density at radius 2 is 2.12 bits per heavy atom. The van der Waals surface area contributed by atoms with E-state index in [-0.39, 0.29) is 5.91 Å². The molecular weight excluding hydrogens is 245 g/mol. The number of amides is 1. The molecule has 1 aliphatic carbocycles. The van der Waals surface area contributed by atoms with E-state index in [1.807, 2.05) is 11.8 Å². The van der Waals surface area contributed by atoms with Crippen LogP contribution in [0.3, 0.4) is 0 Å². The second kappa shape index (κ2) is 4.06. The Kier molecular flexibility index (Phi) is 3.17. The van der Waals surface area contributed by atoms with Crippen LogP contribution in [0.5, 0.6) is 0 Å². The Hall–Kier alpha value is 0.0500. The molecule has 1 saturated carbocycles. The van der Waals surface area contributed by atoms with Crippen molar-refractivity contribution in [1.29, 1.82) is 0 Å². The van der Waals surface area contributed by atoms with Crippen LogP contribution in [-0.4, -0.2) is 28.2 Å². The van der Waals surface area contributed by atoms with Gasteiger partial charge in [0.05, 0.1) is 5.41 Å². The van der Waals surface area contributed by atoms with Crippen molar-refractivity contribution in [2.75, 3.05) is 13.1 Å². The van der Waals surface area contributed by atoms with Crippen LogP contribution in [0.1, 0.15) is 39.5 Å². The van der Waals surface area contributed by atoms with Crippen molar-refractivity contribution in [3.8, 4) is 0 Å². The van der Waals surface area contributed by atoms with E-state index in [2.05, 4.69) is 6.92 Å². The normalized spacial score (nSPS) is 37.2. The quantitative estimate of drug-likeness (QED) is 0.701. The molecule has 1 saturated heterocycles. The van der Waals surface area contributed by atoms with Crippen molar-refractivity contribution in [2.45, 2.75) is 43.9 Å². The van der Waals surface area contributed by atoms with Gasteiger partial charge in [0.2, 0.25) is 5.91 Å². The lowest BCUT2D eigenvalue weighted by molar-refractivity contribution is -0.138. The van der Waals surface area contributed by atoms with Gasteiger partial charge < -0.3 is 4.90 Å². The molecule has 2 nitrogen and oxygen atoms in total. The zero-order valence-corrected chi connectivity index (χ0v) is 11.4. The Labute approximate surface area is 107 Å². The van der Waals surface area contributed by atoms with E-state index in [9.17, 15) is 4.79 Å². The molecule has 1 aliphatic heterocycles. The van der Waals surface area contributed by atoms with Crippen LogP contribution in [0.4, 0.5) is 0 Å². The van der Waals surface area contributed by atoms with Crippen LogP contribution in [-0.2, 0) is 4.79 Å². The predicted molar refractivity (Wildman–Crippen MR) is 66.8 cm³/mol. The SMILES string of the molecule is CC[C@@H]1CCCN(C(=O)[C@]2(C)CC2(Cl)Cl)C1. The Morgan fingerprint density at radius 1 is 1.50 bits per heavy atom. The summed E-state index contributed by atoms with van der Waals surface area (Å²) in [5.41, 5.74) is -0.536. The van der Waals surface area contributed by atoms with Gasteiger partial charge in [-0.05, 0) is 32.1 Å². The van der Waals surface area contributed by atoms with Crippen molar-refractivity contribution >= 4 is 29.1 Å². The fourth-order valence-electron chi connectivity index (χ4n) is 2.56. The van der Waals surface area contributed by atoms with Gasteiger partial charge in [0, 0.05) is 13.1 Å². The zero-order valence-electron chi connectivity index (χ0n) is 9.93. The molecular formula is C12H19Cl2NO. The third kappa shape index (κ3) is 1.95. The summed E-state index contributed by atoms with van der Waals surface area (Å²) in [6.07, 6.45) is 4.09. The number of carbonyl (C=O) groups excluding carboxylic acids is 1. The van der Waals surface area contributed by atoms with Crippen molar-refractivity contribution in [1.82, 2.24) is 4.90 Å². The van der Waals surface area contributed by atoms with Crippen LogP contribution in [0, 0.1) is 11.3 Å². The number of carbonyl (C=O) groups is 1. The van der Waals surface area contributed by atoms with Crippen LogP contribution in [0.15, 0.2) is 0 Å². The summed E-state index contributed by atoms with van der Waals surface area (Å²) in [6, 6.07) is 0. The lowest BCUT2D eigenvalue weighted by Gasteiger charge is -2.34. The van der Waals surface area contributed by atoms with Gasteiger partial charge in [0.25, 0.3) is 0 Å². The van der Waals surface area contributed by atoms with E-state index >= 15 is 0 Å². The number of hydrogen-bond acceptors (Lipinski definition) is 1. The number of piperidine rings is 1. The van der Waals surface area contributed by atoms with E-state index in [1.165, 1.54) is 6.42 Å². The maximum atomic E-state index is 12.3. The molecule has 0 N–H and O–H groups in total. The summed E-state index contributed by atoms with van der Waals surface area (Å²) in [6.45, 7) is 5.82. The molecule has 2 rings (SSSR count). The van der Waals surface area contributed by atoms with Gasteiger partial charge in [-0.2, -0.15) is 0 Å². The molecule has 0 bridgehead atoms. The fourth-order valence-corrected chi connectivity index (χ4v) is 3.26. The van der Waals surface area contributed by atoms with E-state index in [0.29, 0.717) is 12.3 Å². The molecule has 4 heteroatoms. The fraction of sp³-hybridized carbons (Fsp3) is 0.917. The number of likely N-dealkylation sites (tertiary alicyclic amines) is 1. The molecule has 2 fully saturated rings. The zero-order chi connectivity index (χ0) is 12.0. The molecule has 0 spiro atoms. The van der Waals surface area contributed by atoms with E-state index < -0.39 is 9.75 Å². The van der Waals surface area contributed by atoms with Crippen molar-refractivity contribution in [3.05, 3.63) is 0 Å². The summed E-state index contributed by atoms with van der Waals surface area (Å²) in [5, 5.41) is 0. The van der Waals surface area contributed by atoms with Crippen LogP contribution in [0.25, 0.3) is 0 Å². The minimum atomic E-state index is -0.830. The molecule has 1 heterocycles. The first-order chi connectivity index (χ1) is 7.40. The Balaban J connectivity index is 2.01. The van der Waals surface area contributed by atoms with Crippen LogP contribution in [0.2, 0.25) is 0 Å². The molecule has 0 aromatic carbocycles. The van der Waals surface area contributed by atoms with Gasteiger partial charge in [-0.3, -0.25) is 4.79 Å². The first kappa shape index (κ1) is 12.5. The van der Waals surface area contributed by atoms with E-state index in [1.54, 1.807) is 0 Å². The lowest BCUT2D eigenvalue weighted by Crippen LogP contribution is -2.44. The number of alkyl halides is 2. The lowest BCUT2D eigenvalue weighted by atomic mass is 9.94. The highest BCUT2D eigenvalue weighted by molar-refractivity contribution is 6.53. The van der Waals surface area contributed by atoms with Crippen molar-refractivity contribution in [2.24, 2.45) is 11.3 Å². The highest BCUT2D eigenvalue weighted by Gasteiger charge is 2.68. The average Bonchev–Trinajstić information content (AvgIpc) is 2.78. The highest BCUT2D eigenvalue weighted by Crippen LogP contribution is 2.64. The molecule has 2 atom stereocenters. The molecule has 0 radical (unpaired) electrons. The molecule has 1 amide bonds. The van der Waals surface area contributed by atoms with Gasteiger partial charge in [-0.15, -0.1) is 23.2 Å². The standard InChI is InChI=1S/C12H19Cl2NO/c1-3-9-5-4-6-15(7-9)10(16)11(2)8-12(11,13)14/h9H,3-8H2,1-2H3/t9-,11+/m1/s1. The van der Waals surface area contributed by atoms with E-state index in [0.717, 1.165) is 25.9 Å². The number of nitrogens with zero attached hydrogens (tertiary/aromatic N) is 1.